The molecule has 0 amide bonds. The molecule has 0 spiro atoms. The van der Waals surface area contributed by atoms with Crippen molar-refractivity contribution in [3.63, 3.8) is 0 Å². The van der Waals surface area contributed by atoms with Crippen LogP contribution in [-0.2, 0) is 4.74 Å². The topological polar surface area (TPSA) is 12.5 Å². The second-order valence-electron chi connectivity index (χ2n) is 5.18. The van der Waals surface area contributed by atoms with E-state index in [0.29, 0.717) is 12.2 Å². The van der Waals surface area contributed by atoms with Crippen LogP contribution in [0.4, 0.5) is 0 Å². The molecule has 1 nitrogen and oxygen atoms in total. The van der Waals surface area contributed by atoms with Gasteiger partial charge in [0, 0.05) is 0 Å². The lowest BCUT2D eigenvalue weighted by atomic mass is 9.73. The molecule has 0 N–H and O–H groups in total. The third-order valence-corrected chi connectivity index (χ3v) is 4.36. The third-order valence-electron chi connectivity index (χ3n) is 4.36. The van der Waals surface area contributed by atoms with Crippen LogP contribution in [0.5, 0.6) is 0 Å². The van der Waals surface area contributed by atoms with Gasteiger partial charge in [-0.3, -0.25) is 0 Å². The molecule has 0 aromatic heterocycles. The largest absolute Gasteiger partial charge is 0.370 e. The molecule has 13 heavy (non-hydrogen) atoms. The SMILES string of the molecule is C1CCC(C2CCC3OC3C2)CC1. The number of hydrogen-bond donors (Lipinski definition) is 0. The lowest BCUT2D eigenvalue weighted by Gasteiger charge is -2.31. The average molecular weight is 180 g/mol. The average Bonchev–Trinajstić information content (AvgIpc) is 2.96. The first-order valence-corrected chi connectivity index (χ1v) is 6.09. The van der Waals surface area contributed by atoms with Gasteiger partial charge < -0.3 is 4.74 Å². The minimum Gasteiger partial charge on any atom is -0.370 e. The zero-order valence-electron chi connectivity index (χ0n) is 8.37. The normalized spacial score (nSPS) is 45.7. The van der Waals surface area contributed by atoms with Crippen LogP contribution in [0.3, 0.4) is 0 Å². The highest BCUT2D eigenvalue weighted by atomic mass is 16.6. The van der Waals surface area contributed by atoms with Crippen LogP contribution in [-0.4, -0.2) is 12.2 Å². The van der Waals surface area contributed by atoms with E-state index >= 15 is 0 Å². The van der Waals surface area contributed by atoms with Gasteiger partial charge in [-0.05, 0) is 31.1 Å². The Morgan fingerprint density at radius 1 is 0.692 bits per heavy atom. The zero-order valence-corrected chi connectivity index (χ0v) is 8.37. The summed E-state index contributed by atoms with van der Waals surface area (Å²) in [6.45, 7) is 0. The summed E-state index contributed by atoms with van der Waals surface area (Å²) in [7, 11) is 0. The van der Waals surface area contributed by atoms with E-state index in [1.165, 1.54) is 51.4 Å². The Hall–Kier alpha value is -0.0400. The Bertz CT molecular complexity index is 184. The predicted molar refractivity (Wildman–Crippen MR) is 52.6 cm³/mol. The fraction of sp³-hybridized carbons (Fsp3) is 1.00. The molecule has 1 aliphatic heterocycles. The van der Waals surface area contributed by atoms with Crippen molar-refractivity contribution < 1.29 is 4.74 Å². The molecule has 1 heteroatoms. The fourth-order valence-corrected chi connectivity index (χ4v) is 3.47. The highest BCUT2D eigenvalue weighted by Crippen LogP contribution is 2.45. The Morgan fingerprint density at radius 3 is 2.31 bits per heavy atom. The van der Waals surface area contributed by atoms with Crippen molar-refractivity contribution in [3.05, 3.63) is 0 Å². The van der Waals surface area contributed by atoms with Crippen molar-refractivity contribution >= 4 is 0 Å². The maximum absolute atomic E-state index is 5.60. The predicted octanol–water partition coefficient (Wildman–Crippen LogP) is 3.13. The van der Waals surface area contributed by atoms with Crippen LogP contribution in [0, 0.1) is 11.8 Å². The quantitative estimate of drug-likeness (QED) is 0.565. The molecule has 3 unspecified atom stereocenters. The molecule has 2 aliphatic carbocycles. The van der Waals surface area contributed by atoms with Gasteiger partial charge >= 0.3 is 0 Å². The molecule has 0 aromatic carbocycles. The highest BCUT2D eigenvalue weighted by molar-refractivity contribution is 4.93. The summed E-state index contributed by atoms with van der Waals surface area (Å²) < 4.78 is 5.60. The van der Waals surface area contributed by atoms with Gasteiger partial charge in [0.1, 0.15) is 0 Å². The summed E-state index contributed by atoms with van der Waals surface area (Å²) in [4.78, 5) is 0. The van der Waals surface area contributed by atoms with E-state index in [0.717, 1.165) is 11.8 Å². The van der Waals surface area contributed by atoms with Gasteiger partial charge in [-0.2, -0.15) is 0 Å². The standard InChI is InChI=1S/C12H20O/c1-2-4-9(5-3-1)10-6-7-11-12(8-10)13-11/h9-12H,1-8H2. The van der Waals surface area contributed by atoms with E-state index in [1.54, 1.807) is 0 Å². The summed E-state index contributed by atoms with van der Waals surface area (Å²) in [5.41, 5.74) is 0. The lowest BCUT2D eigenvalue weighted by Crippen LogP contribution is -2.23. The van der Waals surface area contributed by atoms with E-state index in [1.807, 2.05) is 0 Å². The third kappa shape index (κ3) is 1.63. The maximum atomic E-state index is 5.60. The molecule has 1 heterocycles. The monoisotopic (exact) mass is 180 g/mol. The molecular weight excluding hydrogens is 160 g/mol. The molecule has 1 saturated heterocycles. The Balaban J connectivity index is 1.57. The van der Waals surface area contributed by atoms with Crippen molar-refractivity contribution in [1.82, 2.24) is 0 Å². The summed E-state index contributed by atoms with van der Waals surface area (Å²) in [6, 6.07) is 0. The van der Waals surface area contributed by atoms with Gasteiger partial charge in [-0.15, -0.1) is 0 Å². The van der Waals surface area contributed by atoms with Crippen molar-refractivity contribution in [1.29, 1.82) is 0 Å². The van der Waals surface area contributed by atoms with Gasteiger partial charge in [0.25, 0.3) is 0 Å². The van der Waals surface area contributed by atoms with E-state index in [4.69, 9.17) is 4.74 Å². The lowest BCUT2D eigenvalue weighted by molar-refractivity contribution is 0.206. The van der Waals surface area contributed by atoms with Crippen molar-refractivity contribution in [2.45, 2.75) is 63.6 Å². The first-order chi connectivity index (χ1) is 6.43. The molecule has 3 rings (SSSR count). The first kappa shape index (κ1) is 8.28. The first-order valence-electron chi connectivity index (χ1n) is 6.09. The van der Waals surface area contributed by atoms with Crippen molar-refractivity contribution in [3.8, 4) is 0 Å². The van der Waals surface area contributed by atoms with Crippen molar-refractivity contribution in [2.24, 2.45) is 11.8 Å². The number of rotatable bonds is 1. The van der Waals surface area contributed by atoms with Crippen LogP contribution < -0.4 is 0 Å². The maximum Gasteiger partial charge on any atom is 0.0844 e. The molecule has 0 radical (unpaired) electrons. The highest BCUT2D eigenvalue weighted by Gasteiger charge is 2.45. The summed E-state index contributed by atoms with van der Waals surface area (Å²) in [6.07, 6.45) is 13.1. The van der Waals surface area contributed by atoms with Gasteiger partial charge in [-0.1, -0.05) is 32.1 Å². The molecule has 3 aliphatic rings. The number of ether oxygens (including phenoxy) is 1. The van der Waals surface area contributed by atoms with Crippen LogP contribution in [0.15, 0.2) is 0 Å². The summed E-state index contributed by atoms with van der Waals surface area (Å²) in [5, 5.41) is 0. The van der Waals surface area contributed by atoms with Crippen LogP contribution in [0.2, 0.25) is 0 Å². The molecule has 3 fully saturated rings. The van der Waals surface area contributed by atoms with E-state index in [-0.39, 0.29) is 0 Å². The molecule has 0 bridgehead atoms. The van der Waals surface area contributed by atoms with Crippen LogP contribution in [0.1, 0.15) is 51.4 Å². The molecular formula is C12H20O. The summed E-state index contributed by atoms with van der Waals surface area (Å²) >= 11 is 0. The summed E-state index contributed by atoms with van der Waals surface area (Å²) in [5.74, 6) is 2.10. The van der Waals surface area contributed by atoms with E-state index in [9.17, 15) is 0 Å². The van der Waals surface area contributed by atoms with E-state index < -0.39 is 0 Å². The molecule has 0 aromatic rings. The van der Waals surface area contributed by atoms with E-state index in [2.05, 4.69) is 0 Å². The minimum absolute atomic E-state index is 0.694. The molecule has 74 valence electrons. The van der Waals surface area contributed by atoms with Gasteiger partial charge in [-0.25, -0.2) is 0 Å². The minimum atomic E-state index is 0.694. The fourth-order valence-electron chi connectivity index (χ4n) is 3.47. The Morgan fingerprint density at radius 2 is 1.54 bits per heavy atom. The van der Waals surface area contributed by atoms with Gasteiger partial charge in [0.15, 0.2) is 0 Å². The molecule has 3 atom stereocenters. The Kier molecular flexibility index (Phi) is 2.08. The number of epoxide rings is 1. The van der Waals surface area contributed by atoms with Gasteiger partial charge in [0.05, 0.1) is 12.2 Å². The Labute approximate surface area is 80.8 Å². The number of hydrogen-bond acceptors (Lipinski definition) is 1. The van der Waals surface area contributed by atoms with Crippen LogP contribution >= 0.6 is 0 Å². The molecule has 2 saturated carbocycles. The second-order valence-corrected chi connectivity index (χ2v) is 5.18. The number of fused-ring (bicyclic) bond motifs is 1. The van der Waals surface area contributed by atoms with Crippen LogP contribution in [0.25, 0.3) is 0 Å². The zero-order chi connectivity index (χ0) is 8.67. The van der Waals surface area contributed by atoms with Gasteiger partial charge in [0.2, 0.25) is 0 Å². The smallest absolute Gasteiger partial charge is 0.0844 e. The second kappa shape index (κ2) is 3.27. The van der Waals surface area contributed by atoms with Crippen molar-refractivity contribution in [2.75, 3.05) is 0 Å².